The molecule has 0 aliphatic rings. The predicted molar refractivity (Wildman–Crippen MR) is 45.4 cm³/mol. The van der Waals surface area contributed by atoms with Crippen LogP contribution in [0.3, 0.4) is 0 Å². The van der Waals surface area contributed by atoms with E-state index >= 15 is 0 Å². The number of hydrogen-bond acceptors (Lipinski definition) is 2. The maximum absolute atomic E-state index is 12.2. The number of hydrogen-bond donors (Lipinski definition) is 1. The van der Waals surface area contributed by atoms with E-state index in [1.54, 1.807) is 0 Å². The monoisotopic (exact) mass is 250 g/mol. The van der Waals surface area contributed by atoms with Gasteiger partial charge in [-0.25, -0.2) is 8.78 Å². The molecule has 0 atom stereocenters. The SMILES string of the molecule is NC(=O)c1cc(Br)c(C(F)F)cn1. The summed E-state index contributed by atoms with van der Waals surface area (Å²) in [5.74, 6) is -0.749. The van der Waals surface area contributed by atoms with Crippen LogP contribution in [0.25, 0.3) is 0 Å². The molecule has 0 spiro atoms. The third kappa shape index (κ3) is 2.21. The lowest BCUT2D eigenvalue weighted by Crippen LogP contribution is -2.13. The Hall–Kier alpha value is -1.04. The summed E-state index contributed by atoms with van der Waals surface area (Å²) in [7, 11) is 0. The van der Waals surface area contributed by atoms with Gasteiger partial charge >= 0.3 is 0 Å². The van der Waals surface area contributed by atoms with Crippen LogP contribution in [0.4, 0.5) is 8.78 Å². The molecule has 0 unspecified atom stereocenters. The lowest BCUT2D eigenvalue weighted by atomic mass is 10.2. The number of pyridine rings is 1. The van der Waals surface area contributed by atoms with E-state index in [0.29, 0.717) is 0 Å². The van der Waals surface area contributed by atoms with Crippen LogP contribution in [0.1, 0.15) is 22.5 Å². The molecule has 1 rings (SSSR count). The maximum Gasteiger partial charge on any atom is 0.267 e. The zero-order chi connectivity index (χ0) is 10.0. The van der Waals surface area contributed by atoms with Crippen LogP contribution >= 0.6 is 15.9 Å². The first-order chi connectivity index (χ1) is 6.02. The summed E-state index contributed by atoms with van der Waals surface area (Å²) in [5, 5.41) is 0. The fourth-order valence-electron chi connectivity index (χ4n) is 0.737. The van der Waals surface area contributed by atoms with Crippen molar-refractivity contribution < 1.29 is 13.6 Å². The first-order valence-electron chi connectivity index (χ1n) is 3.25. The number of rotatable bonds is 2. The molecule has 70 valence electrons. The zero-order valence-electron chi connectivity index (χ0n) is 6.30. The second-order valence-electron chi connectivity index (χ2n) is 2.26. The molecule has 1 heterocycles. The summed E-state index contributed by atoms with van der Waals surface area (Å²) in [6.45, 7) is 0. The lowest BCUT2D eigenvalue weighted by Gasteiger charge is -2.02. The van der Waals surface area contributed by atoms with Gasteiger partial charge in [0.2, 0.25) is 0 Å². The molecule has 1 amide bonds. The highest BCUT2D eigenvalue weighted by atomic mass is 79.9. The first-order valence-corrected chi connectivity index (χ1v) is 4.05. The van der Waals surface area contributed by atoms with Gasteiger partial charge in [-0.1, -0.05) is 15.9 Å². The van der Waals surface area contributed by atoms with E-state index in [9.17, 15) is 13.6 Å². The molecule has 0 aromatic carbocycles. The minimum absolute atomic E-state index is 0.0451. The molecule has 0 fully saturated rings. The third-order valence-corrected chi connectivity index (χ3v) is 2.06. The smallest absolute Gasteiger partial charge is 0.267 e. The van der Waals surface area contributed by atoms with Crippen molar-refractivity contribution in [1.82, 2.24) is 4.98 Å². The second-order valence-corrected chi connectivity index (χ2v) is 3.11. The number of aromatic nitrogens is 1. The van der Waals surface area contributed by atoms with E-state index in [2.05, 4.69) is 20.9 Å². The van der Waals surface area contributed by atoms with Gasteiger partial charge in [0, 0.05) is 10.7 Å². The minimum atomic E-state index is -2.62. The van der Waals surface area contributed by atoms with Crippen molar-refractivity contribution in [2.24, 2.45) is 5.73 Å². The van der Waals surface area contributed by atoms with Crippen LogP contribution in [0.2, 0.25) is 0 Å². The number of primary amides is 1. The highest BCUT2D eigenvalue weighted by Gasteiger charge is 2.13. The average Bonchev–Trinajstić information content (AvgIpc) is 2.03. The Morgan fingerprint density at radius 2 is 2.23 bits per heavy atom. The highest BCUT2D eigenvalue weighted by Crippen LogP contribution is 2.26. The van der Waals surface area contributed by atoms with Crippen molar-refractivity contribution in [3.8, 4) is 0 Å². The van der Waals surface area contributed by atoms with Crippen molar-refractivity contribution in [2.45, 2.75) is 6.43 Å². The summed E-state index contributed by atoms with van der Waals surface area (Å²) >= 11 is 2.89. The Kier molecular flexibility index (Phi) is 2.92. The fraction of sp³-hybridized carbons (Fsp3) is 0.143. The Morgan fingerprint density at radius 3 is 2.62 bits per heavy atom. The van der Waals surface area contributed by atoms with Gasteiger partial charge in [0.15, 0.2) is 0 Å². The molecule has 6 heteroatoms. The van der Waals surface area contributed by atoms with Crippen molar-refractivity contribution >= 4 is 21.8 Å². The largest absolute Gasteiger partial charge is 0.364 e. The second kappa shape index (κ2) is 3.78. The van der Waals surface area contributed by atoms with E-state index in [1.807, 2.05) is 0 Å². The number of nitrogens with zero attached hydrogens (tertiary/aromatic N) is 1. The van der Waals surface area contributed by atoms with E-state index in [0.717, 1.165) is 6.20 Å². The van der Waals surface area contributed by atoms with Gasteiger partial charge in [-0.3, -0.25) is 9.78 Å². The number of amides is 1. The molecule has 2 N–H and O–H groups in total. The normalized spacial score (nSPS) is 10.5. The molecule has 13 heavy (non-hydrogen) atoms. The Balaban J connectivity index is 3.13. The van der Waals surface area contributed by atoms with Gasteiger partial charge in [-0.15, -0.1) is 0 Å². The number of alkyl halides is 2. The van der Waals surface area contributed by atoms with Gasteiger partial charge in [-0.2, -0.15) is 0 Å². The fourth-order valence-corrected chi connectivity index (χ4v) is 1.23. The summed E-state index contributed by atoms with van der Waals surface area (Å²) in [5.41, 5.74) is 4.59. The van der Waals surface area contributed by atoms with Gasteiger partial charge in [-0.05, 0) is 6.07 Å². The van der Waals surface area contributed by atoms with Crippen LogP contribution in [0, 0.1) is 0 Å². The molecule has 0 aliphatic heterocycles. The molecule has 0 radical (unpaired) electrons. The van der Waals surface area contributed by atoms with Crippen LogP contribution in [-0.4, -0.2) is 10.9 Å². The molecular weight excluding hydrogens is 246 g/mol. The Morgan fingerprint density at radius 1 is 1.62 bits per heavy atom. The predicted octanol–water partition coefficient (Wildman–Crippen LogP) is 1.88. The van der Waals surface area contributed by atoms with E-state index in [1.165, 1.54) is 6.07 Å². The summed E-state index contributed by atoms with van der Waals surface area (Å²) in [6, 6.07) is 1.17. The Labute approximate surface area is 81.1 Å². The molecule has 0 saturated heterocycles. The molecule has 0 bridgehead atoms. The number of carbonyl (C=O) groups is 1. The summed E-state index contributed by atoms with van der Waals surface area (Å²) < 4.78 is 24.5. The highest BCUT2D eigenvalue weighted by molar-refractivity contribution is 9.10. The van der Waals surface area contributed by atoms with Crippen molar-refractivity contribution in [1.29, 1.82) is 0 Å². The maximum atomic E-state index is 12.2. The standard InChI is InChI=1S/C7H5BrF2N2O/c8-4-1-5(7(11)13)12-2-3(4)6(9)10/h1-2,6H,(H2,11,13). The molecule has 1 aromatic rings. The summed E-state index contributed by atoms with van der Waals surface area (Å²) in [6.07, 6.45) is -1.70. The summed E-state index contributed by atoms with van der Waals surface area (Å²) in [4.78, 5) is 14.1. The van der Waals surface area contributed by atoms with Gasteiger partial charge < -0.3 is 5.73 Å². The van der Waals surface area contributed by atoms with Crippen molar-refractivity contribution in [3.05, 3.63) is 28.0 Å². The number of halogens is 3. The molecule has 0 saturated carbocycles. The van der Waals surface area contributed by atoms with Crippen LogP contribution in [0.5, 0.6) is 0 Å². The van der Waals surface area contributed by atoms with Crippen molar-refractivity contribution in [2.75, 3.05) is 0 Å². The van der Waals surface area contributed by atoms with E-state index in [4.69, 9.17) is 5.73 Å². The topological polar surface area (TPSA) is 56.0 Å². The quantitative estimate of drug-likeness (QED) is 0.872. The number of carbonyl (C=O) groups excluding carboxylic acids is 1. The first kappa shape index (κ1) is 10.0. The van der Waals surface area contributed by atoms with Crippen LogP contribution in [-0.2, 0) is 0 Å². The van der Waals surface area contributed by atoms with E-state index < -0.39 is 12.3 Å². The van der Waals surface area contributed by atoms with Gasteiger partial charge in [0.25, 0.3) is 12.3 Å². The van der Waals surface area contributed by atoms with E-state index in [-0.39, 0.29) is 15.7 Å². The van der Waals surface area contributed by atoms with Gasteiger partial charge in [0.1, 0.15) is 5.69 Å². The average molecular weight is 251 g/mol. The molecule has 0 aliphatic carbocycles. The third-order valence-electron chi connectivity index (χ3n) is 1.37. The lowest BCUT2D eigenvalue weighted by molar-refractivity contribution is 0.0994. The van der Waals surface area contributed by atoms with Crippen LogP contribution in [0.15, 0.2) is 16.7 Å². The molecular formula is C7H5BrF2N2O. The number of nitrogens with two attached hydrogens (primary N) is 1. The zero-order valence-corrected chi connectivity index (χ0v) is 7.88. The molecule has 3 nitrogen and oxygen atoms in total. The minimum Gasteiger partial charge on any atom is -0.364 e. The molecule has 1 aromatic heterocycles. The van der Waals surface area contributed by atoms with Gasteiger partial charge in [0.05, 0.1) is 5.56 Å². The van der Waals surface area contributed by atoms with Crippen LogP contribution < -0.4 is 5.73 Å². The van der Waals surface area contributed by atoms with Crippen molar-refractivity contribution in [3.63, 3.8) is 0 Å². The Bertz CT molecular complexity index is 343.